The number of hydrogen-bond acceptors (Lipinski definition) is 1. The Hall–Kier alpha value is 0.455. The molecule has 2 radical (unpaired) electrons. The fraction of sp³-hybridized carbons (Fsp3) is 1.00. The lowest BCUT2D eigenvalue weighted by molar-refractivity contribution is 0.121. The van der Waals surface area contributed by atoms with Gasteiger partial charge < -0.3 is 4.90 Å². The molecule has 80 valence electrons. The van der Waals surface area contributed by atoms with Crippen LogP contribution in [0.4, 0.5) is 0 Å². The Morgan fingerprint density at radius 3 is 2.29 bits per heavy atom. The summed E-state index contributed by atoms with van der Waals surface area (Å²) in [6.07, 6.45) is 1.23. The average Bonchev–Trinajstić information content (AvgIpc) is 2.01. The van der Waals surface area contributed by atoms with Gasteiger partial charge in [0.15, 0.2) is 0 Å². The maximum Gasteiger partial charge on any atom is 0.0824 e. The van der Waals surface area contributed by atoms with Gasteiger partial charge in [0.1, 0.15) is 0 Å². The monoisotopic (exact) mass is 211 g/mol. The third-order valence-electron chi connectivity index (χ3n) is 3.43. The topological polar surface area (TPSA) is 3.24 Å². The van der Waals surface area contributed by atoms with E-state index in [-0.39, 0.29) is 5.06 Å². The zero-order chi connectivity index (χ0) is 10.9. The van der Waals surface area contributed by atoms with Crippen molar-refractivity contribution in [2.24, 2.45) is 11.8 Å². The van der Waals surface area contributed by atoms with E-state index in [1.54, 1.807) is 0 Å². The van der Waals surface area contributed by atoms with Crippen molar-refractivity contribution in [3.63, 3.8) is 0 Å². The Kier molecular flexibility index (Phi) is 4.06. The minimum atomic E-state index is -0.0866. The molecule has 0 saturated carbocycles. The van der Waals surface area contributed by atoms with Gasteiger partial charge in [0.2, 0.25) is 0 Å². The van der Waals surface area contributed by atoms with Crippen LogP contribution < -0.4 is 0 Å². The first-order chi connectivity index (χ1) is 6.34. The number of piperidine rings is 1. The van der Waals surface area contributed by atoms with Crippen LogP contribution in [0.25, 0.3) is 0 Å². The molecule has 14 heavy (non-hydrogen) atoms. The standard InChI is InChI=1S/C11H23BNP/c1-8(2)10-5-6-13(9(3)4)7-11(10,12)14/h8-10H,5-7,14H2,1-4H3. The van der Waals surface area contributed by atoms with E-state index in [4.69, 9.17) is 7.85 Å². The van der Waals surface area contributed by atoms with E-state index in [2.05, 4.69) is 41.8 Å². The van der Waals surface area contributed by atoms with Crippen molar-refractivity contribution >= 4 is 17.1 Å². The van der Waals surface area contributed by atoms with Crippen molar-refractivity contribution in [2.45, 2.75) is 45.2 Å². The molecule has 3 unspecified atom stereocenters. The van der Waals surface area contributed by atoms with Crippen LogP contribution in [-0.2, 0) is 0 Å². The lowest BCUT2D eigenvalue weighted by Crippen LogP contribution is -2.53. The summed E-state index contributed by atoms with van der Waals surface area (Å²) in [4.78, 5) is 2.48. The second-order valence-electron chi connectivity index (χ2n) is 5.32. The van der Waals surface area contributed by atoms with Crippen molar-refractivity contribution in [3.05, 3.63) is 0 Å². The normalized spacial score (nSPS) is 35.5. The second kappa shape index (κ2) is 4.53. The molecule has 0 aromatic heterocycles. The molecule has 1 rings (SSSR count). The summed E-state index contributed by atoms with van der Waals surface area (Å²) in [5.41, 5.74) is 0. The molecule has 1 heterocycles. The van der Waals surface area contributed by atoms with Crippen molar-refractivity contribution in [1.29, 1.82) is 0 Å². The lowest BCUT2D eigenvalue weighted by Gasteiger charge is -2.48. The van der Waals surface area contributed by atoms with Crippen LogP contribution in [0.1, 0.15) is 34.1 Å². The first kappa shape index (κ1) is 12.5. The molecule has 3 heteroatoms. The summed E-state index contributed by atoms with van der Waals surface area (Å²) in [6, 6.07) is 0.617. The van der Waals surface area contributed by atoms with Gasteiger partial charge >= 0.3 is 0 Å². The Morgan fingerprint density at radius 1 is 1.36 bits per heavy atom. The van der Waals surface area contributed by atoms with Gasteiger partial charge in [0, 0.05) is 6.04 Å². The van der Waals surface area contributed by atoms with E-state index in [1.807, 2.05) is 0 Å². The molecule has 0 aromatic rings. The lowest BCUT2D eigenvalue weighted by atomic mass is 9.66. The Balaban J connectivity index is 2.65. The third kappa shape index (κ3) is 2.73. The van der Waals surface area contributed by atoms with Gasteiger partial charge in [-0.25, -0.2) is 0 Å². The highest BCUT2D eigenvalue weighted by molar-refractivity contribution is 7.22. The molecule has 1 nitrogen and oxygen atoms in total. The molecule has 0 amide bonds. The van der Waals surface area contributed by atoms with E-state index < -0.39 is 0 Å². The molecule has 0 aliphatic carbocycles. The molecule has 1 aliphatic heterocycles. The highest BCUT2D eigenvalue weighted by Gasteiger charge is 2.37. The number of likely N-dealkylation sites (tertiary alicyclic amines) is 1. The molecule has 1 saturated heterocycles. The van der Waals surface area contributed by atoms with Gasteiger partial charge in [0.05, 0.1) is 7.85 Å². The van der Waals surface area contributed by atoms with Gasteiger partial charge in [-0.1, -0.05) is 13.8 Å². The van der Waals surface area contributed by atoms with Crippen LogP contribution in [0.3, 0.4) is 0 Å². The first-order valence-electron chi connectivity index (χ1n) is 5.66. The van der Waals surface area contributed by atoms with Crippen LogP contribution in [0.5, 0.6) is 0 Å². The van der Waals surface area contributed by atoms with E-state index in [1.165, 1.54) is 13.0 Å². The maximum absolute atomic E-state index is 6.37. The van der Waals surface area contributed by atoms with E-state index >= 15 is 0 Å². The SMILES string of the molecule is [B]C1(P)CN(C(C)C)CCC1C(C)C. The van der Waals surface area contributed by atoms with Gasteiger partial charge in [-0.3, -0.25) is 0 Å². The first-order valence-corrected chi connectivity index (χ1v) is 6.24. The number of rotatable bonds is 2. The van der Waals surface area contributed by atoms with E-state index in [0.29, 0.717) is 17.9 Å². The molecule has 0 bridgehead atoms. The molecule has 0 N–H and O–H groups in total. The number of nitrogens with zero attached hydrogens (tertiary/aromatic N) is 1. The van der Waals surface area contributed by atoms with Gasteiger partial charge in [-0.15, -0.1) is 9.24 Å². The molecular weight excluding hydrogens is 188 g/mol. The fourth-order valence-corrected chi connectivity index (χ4v) is 3.30. The van der Waals surface area contributed by atoms with Crippen molar-refractivity contribution in [2.75, 3.05) is 13.1 Å². The van der Waals surface area contributed by atoms with Crippen LogP contribution in [0.2, 0.25) is 0 Å². The van der Waals surface area contributed by atoms with Crippen LogP contribution in [-0.4, -0.2) is 36.9 Å². The van der Waals surface area contributed by atoms with E-state index in [9.17, 15) is 0 Å². The van der Waals surface area contributed by atoms with Gasteiger partial charge in [0.25, 0.3) is 0 Å². The van der Waals surface area contributed by atoms with Gasteiger partial charge in [-0.2, -0.15) is 0 Å². The largest absolute Gasteiger partial charge is 0.301 e. The quantitative estimate of drug-likeness (QED) is 0.499. The van der Waals surface area contributed by atoms with E-state index in [0.717, 1.165) is 6.54 Å². The van der Waals surface area contributed by atoms with Crippen molar-refractivity contribution < 1.29 is 0 Å². The molecule has 0 spiro atoms. The molecular formula is C11H23BNP. The summed E-state index contributed by atoms with van der Waals surface area (Å²) in [6.45, 7) is 11.3. The summed E-state index contributed by atoms with van der Waals surface area (Å²) in [7, 11) is 9.25. The smallest absolute Gasteiger partial charge is 0.0824 e. The van der Waals surface area contributed by atoms with Gasteiger partial charge in [-0.05, 0) is 50.2 Å². The summed E-state index contributed by atoms with van der Waals surface area (Å²) in [5, 5.41) is -0.0866. The fourth-order valence-electron chi connectivity index (χ4n) is 2.52. The highest BCUT2D eigenvalue weighted by atomic mass is 31.0. The second-order valence-corrected chi connectivity index (χ2v) is 6.39. The maximum atomic E-state index is 6.37. The average molecular weight is 211 g/mol. The predicted octanol–water partition coefficient (Wildman–Crippen LogP) is 2.11. The zero-order valence-electron chi connectivity index (χ0n) is 9.96. The number of hydrogen-bond donors (Lipinski definition) is 0. The van der Waals surface area contributed by atoms with Crippen LogP contribution >= 0.6 is 9.24 Å². The van der Waals surface area contributed by atoms with Crippen LogP contribution in [0.15, 0.2) is 0 Å². The van der Waals surface area contributed by atoms with Crippen LogP contribution in [0, 0.1) is 11.8 Å². The molecule has 0 aromatic carbocycles. The summed E-state index contributed by atoms with van der Waals surface area (Å²) < 4.78 is 0. The minimum absolute atomic E-state index is 0.0866. The Morgan fingerprint density at radius 2 is 1.93 bits per heavy atom. The zero-order valence-corrected chi connectivity index (χ0v) is 11.1. The third-order valence-corrected chi connectivity index (χ3v) is 4.04. The van der Waals surface area contributed by atoms with Crippen molar-refractivity contribution in [1.82, 2.24) is 4.90 Å². The summed E-state index contributed by atoms with van der Waals surface area (Å²) in [5.74, 6) is 1.33. The molecule has 1 aliphatic rings. The summed E-state index contributed by atoms with van der Waals surface area (Å²) >= 11 is 0. The van der Waals surface area contributed by atoms with Crippen molar-refractivity contribution in [3.8, 4) is 0 Å². The Bertz CT molecular complexity index is 192. The Labute approximate surface area is 92.6 Å². The predicted molar refractivity (Wildman–Crippen MR) is 67.8 cm³/mol. The molecule has 3 atom stereocenters. The highest BCUT2D eigenvalue weighted by Crippen LogP contribution is 2.37. The minimum Gasteiger partial charge on any atom is -0.301 e. The molecule has 1 fully saturated rings.